The molecule has 0 saturated heterocycles. The summed E-state index contributed by atoms with van der Waals surface area (Å²) in [6.07, 6.45) is 1.81. The summed E-state index contributed by atoms with van der Waals surface area (Å²) in [6, 6.07) is 7.39. The molecule has 4 nitrogen and oxygen atoms in total. The van der Waals surface area contributed by atoms with E-state index in [0.717, 1.165) is 17.4 Å². The lowest BCUT2D eigenvalue weighted by molar-refractivity contribution is 0.792. The Kier molecular flexibility index (Phi) is 3.68. The lowest BCUT2D eigenvalue weighted by Gasteiger charge is -2.10. The van der Waals surface area contributed by atoms with Gasteiger partial charge in [-0.2, -0.15) is 5.26 Å². The minimum atomic E-state index is 0.336. The fraction of sp³-hybridized carbons (Fsp3) is 0.250. The highest BCUT2D eigenvalue weighted by molar-refractivity contribution is 7.09. The monoisotopic (exact) mass is 244 g/mol. The molecule has 2 aromatic heterocycles. The summed E-state index contributed by atoms with van der Waals surface area (Å²) in [5.74, 6) is 1.06. The van der Waals surface area contributed by atoms with E-state index in [4.69, 9.17) is 5.26 Å². The molecule has 0 saturated carbocycles. The molecule has 86 valence electrons. The first-order valence-electron chi connectivity index (χ1n) is 5.30. The number of nitriles is 1. The van der Waals surface area contributed by atoms with Crippen LogP contribution in [0.1, 0.15) is 23.5 Å². The van der Waals surface area contributed by atoms with Gasteiger partial charge in [-0.15, -0.1) is 11.3 Å². The lowest BCUT2D eigenvalue weighted by atomic mass is 10.2. The molecule has 0 radical (unpaired) electrons. The molecule has 2 aromatic rings. The molecular formula is C12H12N4S. The third-order valence-corrected chi connectivity index (χ3v) is 3.33. The summed E-state index contributed by atoms with van der Waals surface area (Å²) in [7, 11) is 0. The van der Waals surface area contributed by atoms with Crippen molar-refractivity contribution in [2.75, 3.05) is 11.9 Å². The Morgan fingerprint density at radius 3 is 3.12 bits per heavy atom. The number of hydrogen-bond donors (Lipinski definition) is 1. The largest absolute Gasteiger partial charge is 0.369 e. The van der Waals surface area contributed by atoms with Crippen LogP contribution in [0.5, 0.6) is 0 Å². The van der Waals surface area contributed by atoms with Gasteiger partial charge in [-0.05, 0) is 12.1 Å². The van der Waals surface area contributed by atoms with Crippen LogP contribution in [0.15, 0.2) is 29.8 Å². The average molecular weight is 244 g/mol. The van der Waals surface area contributed by atoms with Gasteiger partial charge in [0, 0.05) is 24.0 Å². The molecule has 0 aliphatic rings. The van der Waals surface area contributed by atoms with Gasteiger partial charge < -0.3 is 5.32 Å². The second-order valence-electron chi connectivity index (χ2n) is 3.67. The van der Waals surface area contributed by atoms with Crippen LogP contribution in [0.4, 0.5) is 5.82 Å². The van der Waals surface area contributed by atoms with Gasteiger partial charge in [-0.1, -0.05) is 13.0 Å². The zero-order valence-corrected chi connectivity index (χ0v) is 10.2. The van der Waals surface area contributed by atoms with Gasteiger partial charge in [0.15, 0.2) is 0 Å². The van der Waals surface area contributed by atoms with Gasteiger partial charge in [0.05, 0.1) is 5.01 Å². The Morgan fingerprint density at radius 1 is 1.53 bits per heavy atom. The van der Waals surface area contributed by atoms with Crippen LogP contribution >= 0.6 is 11.3 Å². The molecular weight excluding hydrogens is 232 g/mol. The first kappa shape index (κ1) is 11.6. The van der Waals surface area contributed by atoms with Crippen molar-refractivity contribution in [2.45, 2.75) is 12.8 Å². The second-order valence-corrected chi connectivity index (χ2v) is 4.60. The minimum Gasteiger partial charge on any atom is -0.369 e. The molecule has 0 amide bonds. The third kappa shape index (κ3) is 3.02. The number of nitrogens with zero attached hydrogens (tertiary/aromatic N) is 3. The topological polar surface area (TPSA) is 61.6 Å². The highest BCUT2D eigenvalue weighted by Crippen LogP contribution is 2.17. The smallest absolute Gasteiger partial charge is 0.142 e. The van der Waals surface area contributed by atoms with E-state index in [1.807, 2.05) is 29.8 Å². The van der Waals surface area contributed by atoms with Gasteiger partial charge in [0.1, 0.15) is 17.6 Å². The number of thiazole rings is 1. The van der Waals surface area contributed by atoms with Crippen LogP contribution in [0.3, 0.4) is 0 Å². The van der Waals surface area contributed by atoms with Gasteiger partial charge >= 0.3 is 0 Å². The third-order valence-electron chi connectivity index (χ3n) is 2.33. The zero-order chi connectivity index (χ0) is 12.1. The molecule has 1 N–H and O–H groups in total. The fourth-order valence-corrected chi connectivity index (χ4v) is 2.12. The van der Waals surface area contributed by atoms with Gasteiger partial charge in [0.25, 0.3) is 0 Å². The van der Waals surface area contributed by atoms with Crippen molar-refractivity contribution in [1.29, 1.82) is 5.26 Å². The fourth-order valence-electron chi connectivity index (χ4n) is 1.42. The zero-order valence-electron chi connectivity index (χ0n) is 9.42. The Bertz CT molecular complexity index is 516. The number of anilines is 1. The molecule has 0 aliphatic heterocycles. The van der Waals surface area contributed by atoms with E-state index in [1.54, 1.807) is 17.4 Å². The maximum atomic E-state index is 8.74. The van der Waals surface area contributed by atoms with Crippen LogP contribution in [-0.4, -0.2) is 16.5 Å². The second kappa shape index (κ2) is 5.41. The number of aromatic nitrogens is 2. The summed E-state index contributed by atoms with van der Waals surface area (Å²) in [4.78, 5) is 8.42. The Balaban J connectivity index is 1.96. The Hall–Kier alpha value is -1.93. The Labute approximate surface area is 104 Å². The van der Waals surface area contributed by atoms with Crippen LogP contribution < -0.4 is 5.32 Å². The van der Waals surface area contributed by atoms with E-state index >= 15 is 0 Å². The molecule has 2 rings (SSSR count). The molecule has 0 aromatic carbocycles. The molecule has 0 bridgehead atoms. The number of nitrogens with one attached hydrogen (secondary N) is 1. The first-order valence-corrected chi connectivity index (χ1v) is 6.18. The molecule has 1 unspecified atom stereocenters. The molecule has 0 spiro atoms. The standard InChI is InChI=1S/C12H12N4S/c1-9(12-14-5-6-17-12)8-15-11-4-2-3-10(7-13)16-11/h2-6,9H,8H2,1H3,(H,15,16). The van der Waals surface area contributed by atoms with Crippen molar-refractivity contribution in [3.05, 3.63) is 40.5 Å². The number of rotatable bonds is 4. The number of pyridine rings is 1. The van der Waals surface area contributed by atoms with Crippen molar-refractivity contribution >= 4 is 17.2 Å². The van der Waals surface area contributed by atoms with Crippen LogP contribution in [0.2, 0.25) is 0 Å². The van der Waals surface area contributed by atoms with E-state index in [1.165, 1.54) is 0 Å². The van der Waals surface area contributed by atoms with E-state index in [9.17, 15) is 0 Å². The SMILES string of the molecule is CC(CNc1cccc(C#N)n1)c1nccs1. The summed E-state index contributed by atoms with van der Waals surface area (Å²) in [5, 5.41) is 15.0. The molecule has 2 heterocycles. The maximum absolute atomic E-state index is 8.74. The summed E-state index contributed by atoms with van der Waals surface area (Å²) >= 11 is 1.65. The predicted molar refractivity (Wildman–Crippen MR) is 68.0 cm³/mol. The van der Waals surface area contributed by atoms with Crippen LogP contribution in [-0.2, 0) is 0 Å². The highest BCUT2D eigenvalue weighted by atomic mass is 32.1. The van der Waals surface area contributed by atoms with Crippen molar-refractivity contribution in [3.63, 3.8) is 0 Å². The normalized spacial score (nSPS) is 11.8. The van der Waals surface area contributed by atoms with E-state index in [0.29, 0.717) is 11.6 Å². The summed E-state index contributed by atoms with van der Waals surface area (Å²) in [6.45, 7) is 2.87. The quantitative estimate of drug-likeness (QED) is 0.898. The summed E-state index contributed by atoms with van der Waals surface area (Å²) in [5.41, 5.74) is 0.428. The van der Waals surface area contributed by atoms with Crippen molar-refractivity contribution in [1.82, 2.24) is 9.97 Å². The van der Waals surface area contributed by atoms with Gasteiger partial charge in [-0.25, -0.2) is 9.97 Å². The summed E-state index contributed by atoms with van der Waals surface area (Å²) < 4.78 is 0. The molecule has 1 atom stereocenters. The predicted octanol–water partition coefficient (Wildman–Crippen LogP) is 2.63. The molecule has 0 aliphatic carbocycles. The molecule has 5 heteroatoms. The molecule has 17 heavy (non-hydrogen) atoms. The van der Waals surface area contributed by atoms with E-state index < -0.39 is 0 Å². The maximum Gasteiger partial charge on any atom is 0.142 e. The minimum absolute atomic E-state index is 0.336. The average Bonchev–Trinajstić information content (AvgIpc) is 2.90. The molecule has 0 fully saturated rings. The van der Waals surface area contributed by atoms with E-state index in [-0.39, 0.29) is 0 Å². The first-order chi connectivity index (χ1) is 8.29. The van der Waals surface area contributed by atoms with Gasteiger partial charge in [0.2, 0.25) is 0 Å². The number of hydrogen-bond acceptors (Lipinski definition) is 5. The van der Waals surface area contributed by atoms with E-state index in [2.05, 4.69) is 22.2 Å². The van der Waals surface area contributed by atoms with Crippen molar-refractivity contribution in [2.24, 2.45) is 0 Å². The van der Waals surface area contributed by atoms with Crippen LogP contribution in [0.25, 0.3) is 0 Å². The Morgan fingerprint density at radius 2 is 2.41 bits per heavy atom. The van der Waals surface area contributed by atoms with Crippen LogP contribution in [0, 0.1) is 11.3 Å². The van der Waals surface area contributed by atoms with Gasteiger partial charge in [-0.3, -0.25) is 0 Å². The lowest BCUT2D eigenvalue weighted by Crippen LogP contribution is -2.10. The van der Waals surface area contributed by atoms with Crippen molar-refractivity contribution < 1.29 is 0 Å². The van der Waals surface area contributed by atoms with Crippen molar-refractivity contribution in [3.8, 4) is 6.07 Å². The highest BCUT2D eigenvalue weighted by Gasteiger charge is 2.07.